The summed E-state index contributed by atoms with van der Waals surface area (Å²) >= 11 is 1.38. The molecule has 4 rings (SSSR count). The summed E-state index contributed by atoms with van der Waals surface area (Å²) in [5, 5.41) is 12.4. The summed E-state index contributed by atoms with van der Waals surface area (Å²) in [6, 6.07) is 16.4. The molecule has 2 amide bonds. The molecule has 34 heavy (non-hydrogen) atoms. The summed E-state index contributed by atoms with van der Waals surface area (Å²) in [6.07, 6.45) is 1.13. The molecule has 1 atom stereocenters. The molecular weight excluding hydrogens is 452 g/mol. The Balaban J connectivity index is 1.20. The number of aliphatic carboxylic acids is 1. The number of nitrogens with zero attached hydrogens (tertiary/aromatic N) is 1. The van der Waals surface area contributed by atoms with Crippen LogP contribution in [0.3, 0.4) is 0 Å². The Morgan fingerprint density at radius 1 is 1.12 bits per heavy atom. The van der Waals surface area contributed by atoms with Gasteiger partial charge >= 0.3 is 12.1 Å². The van der Waals surface area contributed by atoms with E-state index in [-0.39, 0.29) is 24.2 Å². The Morgan fingerprint density at radius 2 is 1.76 bits per heavy atom. The van der Waals surface area contributed by atoms with Crippen LogP contribution in [-0.2, 0) is 14.3 Å². The van der Waals surface area contributed by atoms with E-state index in [0.29, 0.717) is 38.1 Å². The molecule has 1 unspecified atom stereocenters. The van der Waals surface area contributed by atoms with E-state index in [4.69, 9.17) is 4.74 Å². The van der Waals surface area contributed by atoms with Crippen LogP contribution >= 0.6 is 11.8 Å². The SMILES string of the molecule is CCC1(C(=O)O)CCCN1C(=O)CSCCNC(=O)OCC1c2ccccc2-c2ccccc21. The minimum absolute atomic E-state index is 0.0127. The number of hydrogen-bond acceptors (Lipinski definition) is 5. The molecule has 1 fully saturated rings. The van der Waals surface area contributed by atoms with Crippen molar-refractivity contribution in [1.82, 2.24) is 10.2 Å². The first-order valence-electron chi connectivity index (χ1n) is 11.7. The van der Waals surface area contributed by atoms with Crippen molar-refractivity contribution in [3.05, 3.63) is 59.7 Å². The number of fused-ring (bicyclic) bond motifs is 3. The summed E-state index contributed by atoms with van der Waals surface area (Å²) in [5.41, 5.74) is 3.62. The molecule has 2 aromatic rings. The van der Waals surface area contributed by atoms with Crippen molar-refractivity contribution in [3.8, 4) is 11.1 Å². The number of nitrogens with one attached hydrogen (secondary N) is 1. The molecule has 0 saturated carbocycles. The van der Waals surface area contributed by atoms with Gasteiger partial charge in [-0.2, -0.15) is 11.8 Å². The molecule has 0 spiro atoms. The van der Waals surface area contributed by atoms with E-state index < -0.39 is 17.6 Å². The van der Waals surface area contributed by atoms with Crippen molar-refractivity contribution in [2.75, 3.05) is 31.2 Å². The number of alkyl carbamates (subject to hydrolysis) is 1. The van der Waals surface area contributed by atoms with Gasteiger partial charge in [0.2, 0.25) is 5.91 Å². The molecule has 0 aromatic heterocycles. The monoisotopic (exact) mass is 482 g/mol. The van der Waals surface area contributed by atoms with E-state index in [1.54, 1.807) is 0 Å². The quantitative estimate of drug-likeness (QED) is 0.522. The highest BCUT2D eigenvalue weighted by molar-refractivity contribution is 7.99. The zero-order valence-corrected chi connectivity index (χ0v) is 20.1. The Bertz CT molecular complexity index is 1030. The molecule has 180 valence electrons. The highest BCUT2D eigenvalue weighted by atomic mass is 32.2. The van der Waals surface area contributed by atoms with Crippen molar-refractivity contribution >= 4 is 29.7 Å². The average molecular weight is 483 g/mol. The lowest BCUT2D eigenvalue weighted by Gasteiger charge is -2.33. The number of amides is 2. The Kier molecular flexibility index (Phi) is 7.46. The van der Waals surface area contributed by atoms with Crippen LogP contribution in [-0.4, -0.2) is 64.7 Å². The van der Waals surface area contributed by atoms with Crippen molar-refractivity contribution in [2.24, 2.45) is 0 Å². The van der Waals surface area contributed by atoms with Gasteiger partial charge in [-0.05, 0) is 41.5 Å². The number of hydrogen-bond donors (Lipinski definition) is 2. The first-order valence-corrected chi connectivity index (χ1v) is 12.8. The highest BCUT2D eigenvalue weighted by Crippen LogP contribution is 2.44. The molecular formula is C26H30N2O5S. The fourth-order valence-corrected chi connectivity index (χ4v) is 5.82. The fourth-order valence-electron chi connectivity index (χ4n) is 5.10. The molecule has 7 nitrogen and oxygen atoms in total. The maximum atomic E-state index is 12.6. The summed E-state index contributed by atoms with van der Waals surface area (Å²) in [7, 11) is 0. The predicted molar refractivity (Wildman–Crippen MR) is 132 cm³/mol. The van der Waals surface area contributed by atoms with Crippen LogP contribution in [0.25, 0.3) is 11.1 Å². The lowest BCUT2D eigenvalue weighted by Crippen LogP contribution is -2.53. The van der Waals surface area contributed by atoms with Gasteiger partial charge in [-0.3, -0.25) is 4.79 Å². The molecule has 0 bridgehead atoms. The number of rotatable bonds is 9. The summed E-state index contributed by atoms with van der Waals surface area (Å²) in [6.45, 7) is 2.92. The van der Waals surface area contributed by atoms with Crippen LogP contribution in [0.4, 0.5) is 4.79 Å². The van der Waals surface area contributed by atoms with Gasteiger partial charge in [0.05, 0.1) is 5.75 Å². The number of thioether (sulfide) groups is 1. The maximum Gasteiger partial charge on any atom is 0.407 e. The molecule has 0 radical (unpaired) electrons. The van der Waals surface area contributed by atoms with Gasteiger partial charge in [0, 0.05) is 24.8 Å². The zero-order valence-electron chi connectivity index (χ0n) is 19.3. The second-order valence-corrected chi connectivity index (χ2v) is 9.75. The first-order chi connectivity index (χ1) is 16.5. The molecule has 1 saturated heterocycles. The van der Waals surface area contributed by atoms with Crippen molar-refractivity contribution in [3.63, 3.8) is 0 Å². The molecule has 2 N–H and O–H groups in total. The second kappa shape index (κ2) is 10.5. The molecule has 2 aromatic carbocycles. The van der Waals surface area contributed by atoms with E-state index in [2.05, 4.69) is 29.6 Å². The average Bonchev–Trinajstić information content (AvgIpc) is 3.43. The molecule has 8 heteroatoms. The number of carbonyl (C=O) groups is 3. The van der Waals surface area contributed by atoms with E-state index >= 15 is 0 Å². The van der Waals surface area contributed by atoms with Crippen LogP contribution in [0, 0.1) is 0 Å². The van der Waals surface area contributed by atoms with Crippen LogP contribution < -0.4 is 5.32 Å². The standard InChI is InChI=1S/C26H30N2O5S/c1-2-26(24(30)31)12-7-14-28(26)23(29)17-34-15-13-27-25(32)33-16-22-20-10-5-3-8-18(20)19-9-4-6-11-21(19)22/h3-6,8-11,22H,2,7,12-17H2,1H3,(H,27,32)(H,30,31). The summed E-state index contributed by atoms with van der Waals surface area (Å²) < 4.78 is 5.52. The maximum absolute atomic E-state index is 12.6. The number of likely N-dealkylation sites (tertiary alicyclic amines) is 1. The topological polar surface area (TPSA) is 95.9 Å². The lowest BCUT2D eigenvalue weighted by molar-refractivity contribution is -0.155. The lowest BCUT2D eigenvalue weighted by atomic mass is 9.93. The summed E-state index contributed by atoms with van der Waals surface area (Å²) in [4.78, 5) is 38.1. The normalized spacial score (nSPS) is 18.9. The first kappa shape index (κ1) is 24.1. The minimum atomic E-state index is -1.07. The van der Waals surface area contributed by atoms with Gasteiger partial charge in [-0.25, -0.2) is 9.59 Å². The smallest absolute Gasteiger partial charge is 0.407 e. The third-order valence-electron chi connectivity index (χ3n) is 6.86. The van der Waals surface area contributed by atoms with Gasteiger partial charge in [0.1, 0.15) is 12.1 Å². The number of ether oxygens (including phenoxy) is 1. The van der Waals surface area contributed by atoms with Crippen LogP contribution in [0.2, 0.25) is 0 Å². The van der Waals surface area contributed by atoms with Gasteiger partial charge in [-0.1, -0.05) is 55.5 Å². The zero-order chi connectivity index (χ0) is 24.1. The van der Waals surface area contributed by atoms with Crippen molar-refractivity contribution in [2.45, 2.75) is 37.6 Å². The van der Waals surface area contributed by atoms with Gasteiger partial charge in [0.15, 0.2) is 0 Å². The number of carboxylic acid groups (broad SMARTS) is 1. The van der Waals surface area contributed by atoms with Crippen LogP contribution in [0.15, 0.2) is 48.5 Å². The Labute approximate surface area is 203 Å². The van der Waals surface area contributed by atoms with Gasteiger partial charge < -0.3 is 20.1 Å². The number of carbonyl (C=O) groups excluding carboxylic acids is 2. The van der Waals surface area contributed by atoms with E-state index in [9.17, 15) is 19.5 Å². The summed E-state index contributed by atoms with van der Waals surface area (Å²) in [5.74, 6) is -0.341. The second-order valence-electron chi connectivity index (χ2n) is 8.64. The van der Waals surface area contributed by atoms with Crippen molar-refractivity contribution in [1.29, 1.82) is 0 Å². The largest absolute Gasteiger partial charge is 0.479 e. The van der Waals surface area contributed by atoms with Crippen molar-refractivity contribution < 1.29 is 24.2 Å². The van der Waals surface area contributed by atoms with Gasteiger partial charge in [0.25, 0.3) is 0 Å². The number of benzene rings is 2. The fraction of sp³-hybridized carbons (Fsp3) is 0.423. The third-order valence-corrected chi connectivity index (χ3v) is 7.80. The van der Waals surface area contributed by atoms with Crippen LogP contribution in [0.5, 0.6) is 0 Å². The van der Waals surface area contributed by atoms with E-state index in [0.717, 1.165) is 11.1 Å². The van der Waals surface area contributed by atoms with Gasteiger partial charge in [-0.15, -0.1) is 0 Å². The number of carboxylic acids is 1. The molecule has 1 aliphatic heterocycles. The Morgan fingerprint density at radius 3 is 2.38 bits per heavy atom. The van der Waals surface area contributed by atoms with Crippen LogP contribution in [0.1, 0.15) is 43.2 Å². The minimum Gasteiger partial charge on any atom is -0.479 e. The molecule has 2 aliphatic rings. The highest BCUT2D eigenvalue weighted by Gasteiger charge is 2.48. The third kappa shape index (κ3) is 4.64. The van der Waals surface area contributed by atoms with E-state index in [1.165, 1.54) is 27.8 Å². The molecule has 1 aliphatic carbocycles. The Hall–Kier alpha value is -3.00. The van der Waals surface area contributed by atoms with E-state index in [1.807, 2.05) is 31.2 Å². The molecule has 1 heterocycles. The predicted octanol–water partition coefficient (Wildman–Crippen LogP) is 4.11.